The van der Waals surface area contributed by atoms with Crippen molar-refractivity contribution in [1.29, 1.82) is 0 Å². The van der Waals surface area contributed by atoms with Gasteiger partial charge < -0.3 is 20.4 Å². The molecule has 0 saturated heterocycles. The van der Waals surface area contributed by atoms with E-state index in [0.717, 1.165) is 38.5 Å². The van der Waals surface area contributed by atoms with Crippen LogP contribution in [0.3, 0.4) is 0 Å². The quantitative estimate of drug-likeness (QED) is 0.540. The Morgan fingerprint density at radius 1 is 1.03 bits per heavy atom. The van der Waals surface area contributed by atoms with Gasteiger partial charge in [-0.1, -0.05) is 26.8 Å². The second-order valence-corrected chi connectivity index (χ2v) is 11.1. The number of carboxylic acid groups (broad SMARTS) is 1. The minimum atomic E-state index is -0.929. The molecule has 4 fully saturated rings. The molecule has 11 atom stereocenters. The lowest BCUT2D eigenvalue weighted by Gasteiger charge is -2.63. The summed E-state index contributed by atoms with van der Waals surface area (Å²) in [6.07, 6.45) is 7.95. The highest BCUT2D eigenvalue weighted by atomic mass is 16.4. The Labute approximate surface area is 174 Å². The summed E-state index contributed by atoms with van der Waals surface area (Å²) in [5.41, 5.74) is -0.208. The van der Waals surface area contributed by atoms with E-state index in [1.165, 1.54) is 6.08 Å². The van der Waals surface area contributed by atoms with E-state index in [2.05, 4.69) is 20.8 Å². The van der Waals surface area contributed by atoms with Crippen LogP contribution < -0.4 is 0 Å². The van der Waals surface area contributed by atoms with E-state index in [1.807, 2.05) is 0 Å². The number of aliphatic hydroxyl groups excluding tert-OH is 3. The van der Waals surface area contributed by atoms with Gasteiger partial charge in [-0.15, -0.1) is 0 Å². The van der Waals surface area contributed by atoms with E-state index in [0.29, 0.717) is 18.3 Å². The van der Waals surface area contributed by atoms with Crippen LogP contribution in [0.2, 0.25) is 0 Å². The standard InChI is InChI=1S/C24H38O5/c1-13(4-7-21(28)29)16-5-6-17-22-18(12-20(27)24(16,17)3)23(2)9-8-15(25)10-14(23)11-19(22)26/h4,7,13-20,22,25-27H,5-6,8-12H2,1-3H3,(H,28,29)/b7-4+/t13-,14+,15-,16-,17+,18+,19-,20+,22+,23+,24-/m1/s1. The molecule has 0 heterocycles. The van der Waals surface area contributed by atoms with Crippen molar-refractivity contribution in [3.8, 4) is 0 Å². The van der Waals surface area contributed by atoms with Gasteiger partial charge in [0.05, 0.1) is 18.3 Å². The van der Waals surface area contributed by atoms with Gasteiger partial charge in [0.25, 0.3) is 0 Å². The molecule has 164 valence electrons. The third-order valence-electron chi connectivity index (χ3n) is 10.0. The molecule has 0 aliphatic heterocycles. The van der Waals surface area contributed by atoms with Crippen molar-refractivity contribution in [3.63, 3.8) is 0 Å². The van der Waals surface area contributed by atoms with Crippen LogP contribution in [0.5, 0.6) is 0 Å². The zero-order valence-corrected chi connectivity index (χ0v) is 18.0. The fourth-order valence-corrected chi connectivity index (χ4v) is 8.43. The van der Waals surface area contributed by atoms with E-state index < -0.39 is 12.1 Å². The molecule has 4 N–H and O–H groups in total. The molecule has 5 nitrogen and oxygen atoms in total. The molecule has 0 radical (unpaired) electrons. The molecule has 4 rings (SSSR count). The Kier molecular flexibility index (Phi) is 5.40. The zero-order chi connectivity index (χ0) is 21.1. The predicted octanol–water partition coefficient (Wildman–Crippen LogP) is 3.22. The SMILES string of the molecule is C[C@H](/C=C/C(=O)O)[C@H]1CC[C@H]2[C@@H]3[C@H](O)C[C@@H]4C[C@H](O)CC[C@]4(C)[C@H]3C[C@H](O)[C@]12C. The van der Waals surface area contributed by atoms with Gasteiger partial charge in [-0.2, -0.15) is 0 Å². The lowest BCUT2D eigenvalue weighted by Crippen LogP contribution is -2.62. The van der Waals surface area contributed by atoms with Crippen molar-refractivity contribution in [1.82, 2.24) is 0 Å². The van der Waals surface area contributed by atoms with Crippen molar-refractivity contribution in [2.45, 2.75) is 84.0 Å². The zero-order valence-electron chi connectivity index (χ0n) is 18.0. The molecule has 0 spiro atoms. The molecule has 0 aromatic heterocycles. The number of allylic oxidation sites excluding steroid dienone is 1. The average molecular weight is 407 g/mol. The fourth-order valence-electron chi connectivity index (χ4n) is 8.43. The van der Waals surface area contributed by atoms with Gasteiger partial charge >= 0.3 is 5.97 Å². The van der Waals surface area contributed by atoms with Crippen LogP contribution in [0.4, 0.5) is 0 Å². The van der Waals surface area contributed by atoms with E-state index >= 15 is 0 Å². The van der Waals surface area contributed by atoms with Crippen LogP contribution in [-0.4, -0.2) is 44.7 Å². The first-order valence-electron chi connectivity index (χ1n) is 11.5. The normalized spacial score (nSPS) is 53.2. The van der Waals surface area contributed by atoms with Gasteiger partial charge in [-0.25, -0.2) is 4.79 Å². The van der Waals surface area contributed by atoms with Crippen LogP contribution in [0.15, 0.2) is 12.2 Å². The second-order valence-electron chi connectivity index (χ2n) is 11.1. The summed E-state index contributed by atoms with van der Waals surface area (Å²) in [5.74, 6) is 0.462. The summed E-state index contributed by atoms with van der Waals surface area (Å²) in [4.78, 5) is 11.0. The maximum absolute atomic E-state index is 11.4. The highest BCUT2D eigenvalue weighted by molar-refractivity contribution is 5.79. The van der Waals surface area contributed by atoms with E-state index in [9.17, 15) is 20.1 Å². The van der Waals surface area contributed by atoms with Crippen molar-refractivity contribution in [2.75, 3.05) is 0 Å². The van der Waals surface area contributed by atoms with Gasteiger partial charge in [0, 0.05) is 11.5 Å². The lowest BCUT2D eigenvalue weighted by atomic mass is 9.43. The highest BCUT2D eigenvalue weighted by Gasteiger charge is 2.65. The summed E-state index contributed by atoms with van der Waals surface area (Å²) in [7, 11) is 0. The second kappa shape index (κ2) is 7.35. The molecule has 29 heavy (non-hydrogen) atoms. The molecule has 0 aromatic rings. The average Bonchev–Trinajstić information content (AvgIpc) is 3.01. The smallest absolute Gasteiger partial charge is 0.327 e. The van der Waals surface area contributed by atoms with Crippen LogP contribution >= 0.6 is 0 Å². The lowest BCUT2D eigenvalue weighted by molar-refractivity contribution is -0.206. The highest BCUT2D eigenvalue weighted by Crippen LogP contribution is 2.68. The van der Waals surface area contributed by atoms with Crippen LogP contribution in [-0.2, 0) is 4.79 Å². The van der Waals surface area contributed by atoms with Crippen LogP contribution in [0, 0.1) is 46.3 Å². The van der Waals surface area contributed by atoms with Crippen molar-refractivity contribution in [2.24, 2.45) is 46.3 Å². The summed E-state index contributed by atoms with van der Waals surface area (Å²) in [6, 6.07) is 0. The van der Waals surface area contributed by atoms with Crippen LogP contribution in [0.25, 0.3) is 0 Å². The number of aliphatic carboxylic acids is 1. The maximum atomic E-state index is 11.4. The Balaban J connectivity index is 1.64. The number of carbonyl (C=O) groups is 1. The Morgan fingerprint density at radius 3 is 2.45 bits per heavy atom. The van der Waals surface area contributed by atoms with E-state index in [4.69, 9.17) is 5.11 Å². The monoisotopic (exact) mass is 406 g/mol. The third-order valence-corrected chi connectivity index (χ3v) is 10.0. The van der Waals surface area contributed by atoms with Crippen LogP contribution in [0.1, 0.15) is 65.7 Å². The number of rotatable bonds is 3. The topological polar surface area (TPSA) is 98.0 Å². The van der Waals surface area contributed by atoms with E-state index in [1.54, 1.807) is 6.08 Å². The summed E-state index contributed by atoms with van der Waals surface area (Å²) >= 11 is 0. The molecule has 0 bridgehead atoms. The molecule has 4 saturated carbocycles. The summed E-state index contributed by atoms with van der Waals surface area (Å²) in [6.45, 7) is 6.59. The van der Waals surface area contributed by atoms with Crippen molar-refractivity contribution >= 4 is 5.97 Å². The van der Waals surface area contributed by atoms with Gasteiger partial charge in [-0.05, 0) is 85.9 Å². The molecule has 0 aromatic carbocycles. The summed E-state index contributed by atoms with van der Waals surface area (Å²) < 4.78 is 0. The number of carboxylic acids is 1. The third kappa shape index (κ3) is 3.19. The molecule has 4 aliphatic carbocycles. The number of hydrogen-bond acceptors (Lipinski definition) is 4. The molecule has 0 amide bonds. The fraction of sp³-hybridized carbons (Fsp3) is 0.875. The number of hydrogen-bond donors (Lipinski definition) is 4. The summed E-state index contributed by atoms with van der Waals surface area (Å²) in [5, 5.41) is 41.9. The van der Waals surface area contributed by atoms with Crippen molar-refractivity contribution < 1.29 is 25.2 Å². The molecule has 4 aliphatic rings. The minimum absolute atomic E-state index is 0.0817. The predicted molar refractivity (Wildman–Crippen MR) is 110 cm³/mol. The van der Waals surface area contributed by atoms with Gasteiger partial charge in [0.15, 0.2) is 0 Å². The largest absolute Gasteiger partial charge is 0.478 e. The molecule has 0 unspecified atom stereocenters. The van der Waals surface area contributed by atoms with Crippen molar-refractivity contribution in [3.05, 3.63) is 12.2 Å². The van der Waals surface area contributed by atoms with E-state index in [-0.39, 0.29) is 46.7 Å². The molecular formula is C24H38O5. The first-order chi connectivity index (χ1) is 13.6. The maximum Gasteiger partial charge on any atom is 0.327 e. The minimum Gasteiger partial charge on any atom is -0.478 e. The Hall–Kier alpha value is -0.910. The molecular weight excluding hydrogens is 368 g/mol. The molecule has 5 heteroatoms. The Bertz CT molecular complexity index is 676. The van der Waals surface area contributed by atoms with Gasteiger partial charge in [0.2, 0.25) is 0 Å². The Morgan fingerprint density at radius 2 is 1.76 bits per heavy atom. The number of fused-ring (bicyclic) bond motifs is 5. The first-order valence-corrected chi connectivity index (χ1v) is 11.5. The number of aliphatic hydroxyl groups is 3. The van der Waals surface area contributed by atoms with Gasteiger partial charge in [0.1, 0.15) is 0 Å². The first kappa shape index (κ1) is 21.3. The van der Waals surface area contributed by atoms with Gasteiger partial charge in [-0.3, -0.25) is 0 Å².